The van der Waals surface area contributed by atoms with Crippen LogP contribution in [-0.2, 0) is 29.3 Å². The Morgan fingerprint density at radius 1 is 0.760 bits per heavy atom. The van der Waals surface area contributed by atoms with Crippen molar-refractivity contribution >= 4 is 44.8 Å². The van der Waals surface area contributed by atoms with Gasteiger partial charge < -0.3 is 29.9 Å². The number of benzene rings is 4. The van der Waals surface area contributed by atoms with Crippen LogP contribution in [0, 0.1) is 0 Å². The van der Waals surface area contributed by atoms with Gasteiger partial charge in [0.05, 0.1) is 23.8 Å². The standard InChI is InChI=1S/C41H40N4O5/c1-3-41(42,4-2)36(46)23-45-22-33(31-20-29(16-18-35(31)45)50-25-27-13-9-6-10-14-27)38-37(39(47)44-40(38)48)32-21-43-34-17-15-28(19-30(32)34)49-24-26-11-7-5-8-12-26/h5-22,36,43,46H,3-4,23-25,42H2,1-2H3,(H,44,47,48). The number of imide groups is 1. The molecule has 9 heteroatoms. The number of H-pyrrole nitrogens is 1. The molecule has 9 nitrogen and oxygen atoms in total. The average molecular weight is 669 g/mol. The van der Waals surface area contributed by atoms with Gasteiger partial charge in [0.2, 0.25) is 0 Å². The quantitative estimate of drug-likeness (QED) is 0.101. The first-order valence-electron chi connectivity index (χ1n) is 16.9. The molecular weight excluding hydrogens is 628 g/mol. The van der Waals surface area contributed by atoms with Crippen molar-refractivity contribution in [3.8, 4) is 11.5 Å². The highest BCUT2D eigenvalue weighted by molar-refractivity contribution is 6.50. The summed E-state index contributed by atoms with van der Waals surface area (Å²) in [6.07, 6.45) is 3.92. The van der Waals surface area contributed by atoms with Gasteiger partial charge in [-0.3, -0.25) is 14.9 Å². The highest BCUT2D eigenvalue weighted by atomic mass is 16.5. The summed E-state index contributed by atoms with van der Waals surface area (Å²) in [6.45, 7) is 4.88. The first-order chi connectivity index (χ1) is 24.3. The van der Waals surface area contributed by atoms with Crippen LogP contribution < -0.4 is 20.5 Å². The highest BCUT2D eigenvalue weighted by Crippen LogP contribution is 2.40. The van der Waals surface area contributed by atoms with Crippen LogP contribution in [0.1, 0.15) is 48.9 Å². The summed E-state index contributed by atoms with van der Waals surface area (Å²) in [7, 11) is 0. The molecule has 6 aromatic rings. The molecule has 3 heterocycles. The second-order valence-corrected chi connectivity index (χ2v) is 12.8. The van der Waals surface area contributed by atoms with Crippen LogP contribution in [0.25, 0.3) is 33.0 Å². The van der Waals surface area contributed by atoms with E-state index in [1.165, 1.54) is 0 Å². The van der Waals surface area contributed by atoms with Crippen LogP contribution in [-0.4, -0.2) is 38.1 Å². The number of aromatic amines is 1. The lowest BCUT2D eigenvalue weighted by molar-refractivity contribution is -0.122. The van der Waals surface area contributed by atoms with Gasteiger partial charge in [-0.1, -0.05) is 74.5 Å². The zero-order valence-corrected chi connectivity index (χ0v) is 28.1. The largest absolute Gasteiger partial charge is 0.489 e. The Bertz CT molecular complexity index is 2210. The summed E-state index contributed by atoms with van der Waals surface area (Å²) in [5, 5.41) is 15.3. The second kappa shape index (κ2) is 13.7. The molecule has 0 fully saturated rings. The maximum absolute atomic E-state index is 13.7. The van der Waals surface area contributed by atoms with E-state index in [-0.39, 0.29) is 17.7 Å². The maximum atomic E-state index is 13.7. The monoisotopic (exact) mass is 668 g/mol. The molecular formula is C41H40N4O5. The molecule has 0 saturated carbocycles. The summed E-state index contributed by atoms with van der Waals surface area (Å²) in [5.74, 6) is 0.255. The predicted molar refractivity (Wildman–Crippen MR) is 195 cm³/mol. The minimum absolute atomic E-state index is 0.201. The Hall–Kier alpha value is -5.64. The smallest absolute Gasteiger partial charge is 0.259 e. The molecule has 1 unspecified atom stereocenters. The van der Waals surface area contributed by atoms with Crippen molar-refractivity contribution < 1.29 is 24.2 Å². The lowest BCUT2D eigenvalue weighted by Crippen LogP contribution is -2.51. The van der Waals surface area contributed by atoms with E-state index in [0.717, 1.165) is 27.5 Å². The van der Waals surface area contributed by atoms with Gasteiger partial charge in [-0.05, 0) is 60.4 Å². The third-order valence-corrected chi connectivity index (χ3v) is 9.82. The fourth-order valence-electron chi connectivity index (χ4n) is 6.65. The maximum Gasteiger partial charge on any atom is 0.259 e. The Kier molecular flexibility index (Phi) is 9.01. The lowest BCUT2D eigenvalue weighted by Gasteiger charge is -2.32. The Morgan fingerprint density at radius 3 is 1.92 bits per heavy atom. The molecule has 1 atom stereocenters. The molecule has 0 bridgehead atoms. The number of hydrogen-bond donors (Lipinski definition) is 4. The number of carbonyl (C=O) groups excluding carboxylic acids is 2. The number of nitrogens with one attached hydrogen (secondary N) is 2. The molecule has 2 amide bonds. The van der Waals surface area contributed by atoms with Crippen LogP contribution in [0.5, 0.6) is 11.5 Å². The number of rotatable bonds is 13. The van der Waals surface area contributed by atoms with E-state index in [1.54, 1.807) is 6.20 Å². The van der Waals surface area contributed by atoms with Crippen molar-refractivity contribution in [2.24, 2.45) is 5.73 Å². The average Bonchev–Trinajstić information content (AvgIpc) is 3.81. The predicted octanol–water partition coefficient (Wildman–Crippen LogP) is 6.73. The molecule has 0 aliphatic carbocycles. The number of aliphatic hydroxyl groups excluding tert-OH is 1. The molecule has 4 aromatic carbocycles. The minimum atomic E-state index is -0.856. The van der Waals surface area contributed by atoms with Gasteiger partial charge in [-0.2, -0.15) is 0 Å². The SMILES string of the molecule is CCC(N)(CC)C(O)Cn1cc(C2=C(c3c[nH]c4ccc(OCc5ccccc5)cc34)C(=O)NC2=O)c2cc(OCc3ccccc3)ccc21. The molecule has 0 spiro atoms. The molecule has 1 aliphatic heterocycles. The van der Waals surface area contributed by atoms with Gasteiger partial charge in [0.1, 0.15) is 24.7 Å². The Labute approximate surface area is 290 Å². The number of nitrogens with zero attached hydrogens (tertiary/aromatic N) is 1. The molecule has 0 saturated heterocycles. The molecule has 254 valence electrons. The number of nitrogens with two attached hydrogens (primary N) is 1. The van der Waals surface area contributed by atoms with Crippen LogP contribution in [0.15, 0.2) is 109 Å². The first-order valence-corrected chi connectivity index (χ1v) is 16.9. The van der Waals surface area contributed by atoms with E-state index in [2.05, 4.69) is 10.3 Å². The van der Waals surface area contributed by atoms with E-state index < -0.39 is 23.5 Å². The van der Waals surface area contributed by atoms with Gasteiger partial charge in [-0.25, -0.2) is 0 Å². The fraction of sp³-hybridized carbons (Fsp3) is 0.220. The zero-order valence-electron chi connectivity index (χ0n) is 28.1. The van der Waals surface area contributed by atoms with E-state index in [1.807, 2.05) is 122 Å². The van der Waals surface area contributed by atoms with Gasteiger partial charge >= 0.3 is 0 Å². The summed E-state index contributed by atoms with van der Waals surface area (Å²) >= 11 is 0. The molecule has 5 N–H and O–H groups in total. The topological polar surface area (TPSA) is 132 Å². The summed E-state index contributed by atoms with van der Waals surface area (Å²) in [4.78, 5) is 30.6. The third kappa shape index (κ3) is 6.29. The highest BCUT2D eigenvalue weighted by Gasteiger charge is 2.36. The van der Waals surface area contributed by atoms with Crippen LogP contribution >= 0.6 is 0 Å². The minimum Gasteiger partial charge on any atom is -0.489 e. The van der Waals surface area contributed by atoms with Gasteiger partial charge in [0.25, 0.3) is 11.8 Å². The number of carbonyl (C=O) groups is 2. The molecule has 0 radical (unpaired) electrons. The van der Waals surface area contributed by atoms with Crippen molar-refractivity contribution in [1.29, 1.82) is 0 Å². The molecule has 50 heavy (non-hydrogen) atoms. The zero-order chi connectivity index (χ0) is 34.8. The fourth-order valence-corrected chi connectivity index (χ4v) is 6.65. The third-order valence-electron chi connectivity index (χ3n) is 9.82. The lowest BCUT2D eigenvalue weighted by atomic mass is 9.87. The Balaban J connectivity index is 1.33. The molecule has 7 rings (SSSR count). The van der Waals surface area contributed by atoms with Crippen LogP contribution in [0.3, 0.4) is 0 Å². The van der Waals surface area contributed by atoms with E-state index in [9.17, 15) is 14.7 Å². The summed E-state index contributed by atoms with van der Waals surface area (Å²) in [6, 6.07) is 31.1. The van der Waals surface area contributed by atoms with Gasteiger partial charge in [-0.15, -0.1) is 0 Å². The molecule has 1 aliphatic rings. The van der Waals surface area contributed by atoms with Crippen molar-refractivity contribution in [3.63, 3.8) is 0 Å². The normalized spacial score (nSPS) is 14.1. The van der Waals surface area contributed by atoms with E-state index >= 15 is 0 Å². The number of aromatic nitrogens is 2. The number of fused-ring (bicyclic) bond motifs is 2. The van der Waals surface area contributed by atoms with Gasteiger partial charge in [0.15, 0.2) is 0 Å². The first kappa shape index (κ1) is 32.9. The van der Waals surface area contributed by atoms with Gasteiger partial charge in [0, 0.05) is 50.9 Å². The van der Waals surface area contributed by atoms with Crippen molar-refractivity contribution in [1.82, 2.24) is 14.9 Å². The van der Waals surface area contributed by atoms with Crippen molar-refractivity contribution in [3.05, 3.63) is 132 Å². The Morgan fingerprint density at radius 2 is 1.32 bits per heavy atom. The summed E-state index contributed by atoms with van der Waals surface area (Å²) in [5.41, 5.74) is 11.1. The van der Waals surface area contributed by atoms with Crippen LogP contribution in [0.4, 0.5) is 0 Å². The van der Waals surface area contributed by atoms with Crippen molar-refractivity contribution in [2.45, 2.75) is 58.1 Å². The van der Waals surface area contributed by atoms with E-state index in [4.69, 9.17) is 15.2 Å². The number of aliphatic hydroxyl groups is 1. The number of ether oxygens (including phenoxy) is 2. The molecule has 2 aromatic heterocycles. The second-order valence-electron chi connectivity index (χ2n) is 12.8. The number of amides is 2. The van der Waals surface area contributed by atoms with Crippen molar-refractivity contribution in [2.75, 3.05) is 0 Å². The number of hydrogen-bond acceptors (Lipinski definition) is 6. The van der Waals surface area contributed by atoms with E-state index in [0.29, 0.717) is 54.1 Å². The summed E-state index contributed by atoms with van der Waals surface area (Å²) < 4.78 is 14.2. The van der Waals surface area contributed by atoms with Crippen LogP contribution in [0.2, 0.25) is 0 Å².